The van der Waals surface area contributed by atoms with Crippen LogP contribution in [0.2, 0.25) is 5.02 Å². The number of nitrogen functional groups attached to an aromatic ring is 1. The van der Waals surface area contributed by atoms with Gasteiger partial charge < -0.3 is 10.6 Å². The van der Waals surface area contributed by atoms with Crippen molar-refractivity contribution >= 4 is 34.5 Å². The first-order chi connectivity index (χ1) is 9.65. The summed E-state index contributed by atoms with van der Waals surface area (Å²) < 4.78 is 0. The van der Waals surface area contributed by atoms with Crippen LogP contribution in [0.1, 0.15) is 23.3 Å². The number of rotatable bonds is 5. The van der Waals surface area contributed by atoms with Gasteiger partial charge in [0.1, 0.15) is 5.84 Å². The van der Waals surface area contributed by atoms with Crippen molar-refractivity contribution in [2.45, 2.75) is 25.4 Å². The number of hydrogen-bond acceptors (Lipinski definition) is 3. The standard InChI is InChI=1S/C15H16ClN3S/c16-10-3-6-14(13(8-10)15(17)18)19(11-4-5-11)9-12-2-1-7-20-12/h1-3,6-8,11H,4-5,9H2,(H3,17,18). The molecule has 0 spiro atoms. The zero-order chi connectivity index (χ0) is 14.1. The van der Waals surface area contributed by atoms with E-state index in [-0.39, 0.29) is 5.84 Å². The first-order valence-electron chi connectivity index (χ1n) is 6.58. The number of amidine groups is 1. The first kappa shape index (κ1) is 13.5. The summed E-state index contributed by atoms with van der Waals surface area (Å²) >= 11 is 7.79. The second-order valence-corrected chi connectivity index (χ2v) is 6.48. The van der Waals surface area contributed by atoms with Crippen molar-refractivity contribution in [2.75, 3.05) is 4.90 Å². The molecular formula is C15H16ClN3S. The number of benzene rings is 1. The molecule has 0 atom stereocenters. The van der Waals surface area contributed by atoms with Crippen LogP contribution >= 0.6 is 22.9 Å². The van der Waals surface area contributed by atoms with Gasteiger partial charge in [0.2, 0.25) is 0 Å². The summed E-state index contributed by atoms with van der Waals surface area (Å²) in [6, 6.07) is 10.4. The van der Waals surface area contributed by atoms with Crippen molar-refractivity contribution in [3.05, 3.63) is 51.2 Å². The summed E-state index contributed by atoms with van der Waals surface area (Å²) in [5, 5.41) is 10.5. The fourth-order valence-corrected chi connectivity index (χ4v) is 3.22. The van der Waals surface area contributed by atoms with Gasteiger partial charge >= 0.3 is 0 Å². The average Bonchev–Trinajstić information content (AvgIpc) is 3.13. The van der Waals surface area contributed by atoms with Crippen LogP contribution in [0.15, 0.2) is 35.7 Å². The van der Waals surface area contributed by atoms with E-state index in [1.54, 1.807) is 17.4 Å². The summed E-state index contributed by atoms with van der Waals surface area (Å²) in [7, 11) is 0. The average molecular weight is 306 g/mol. The Hall–Kier alpha value is -1.52. The van der Waals surface area contributed by atoms with Gasteiger partial charge in [-0.05, 0) is 42.5 Å². The van der Waals surface area contributed by atoms with Gasteiger partial charge in [-0.15, -0.1) is 11.3 Å². The second-order valence-electron chi connectivity index (χ2n) is 5.01. The lowest BCUT2D eigenvalue weighted by Gasteiger charge is -2.26. The van der Waals surface area contributed by atoms with Crippen LogP contribution < -0.4 is 10.6 Å². The van der Waals surface area contributed by atoms with Gasteiger partial charge in [0.15, 0.2) is 0 Å². The summed E-state index contributed by atoms with van der Waals surface area (Å²) in [4.78, 5) is 3.67. The van der Waals surface area contributed by atoms with Crippen molar-refractivity contribution in [1.82, 2.24) is 0 Å². The minimum absolute atomic E-state index is 0.0688. The predicted octanol–water partition coefficient (Wildman–Crippen LogP) is 3.85. The molecule has 2 aromatic rings. The molecule has 1 aliphatic carbocycles. The van der Waals surface area contributed by atoms with Gasteiger partial charge in [-0.25, -0.2) is 0 Å². The van der Waals surface area contributed by atoms with Crippen molar-refractivity contribution in [3.8, 4) is 0 Å². The van der Waals surface area contributed by atoms with E-state index in [2.05, 4.69) is 22.4 Å². The van der Waals surface area contributed by atoms with Gasteiger partial charge in [0.25, 0.3) is 0 Å². The number of nitrogens with one attached hydrogen (secondary N) is 1. The van der Waals surface area contributed by atoms with Crippen molar-refractivity contribution < 1.29 is 0 Å². The Bertz CT molecular complexity index is 620. The Balaban J connectivity index is 1.97. The Kier molecular flexibility index (Phi) is 3.68. The summed E-state index contributed by atoms with van der Waals surface area (Å²) in [5.41, 5.74) is 7.45. The van der Waals surface area contributed by atoms with E-state index in [1.165, 1.54) is 17.7 Å². The van der Waals surface area contributed by atoms with Crippen LogP contribution in [0, 0.1) is 5.41 Å². The molecule has 3 nitrogen and oxygen atoms in total. The molecule has 0 bridgehead atoms. The highest BCUT2D eigenvalue weighted by Gasteiger charge is 2.31. The molecule has 3 rings (SSSR count). The monoisotopic (exact) mass is 305 g/mol. The summed E-state index contributed by atoms with van der Waals surface area (Å²) in [6.45, 7) is 0.865. The summed E-state index contributed by atoms with van der Waals surface area (Å²) in [6.07, 6.45) is 2.40. The van der Waals surface area contributed by atoms with Crippen LogP contribution in [0.4, 0.5) is 5.69 Å². The molecule has 3 N–H and O–H groups in total. The van der Waals surface area contributed by atoms with E-state index < -0.39 is 0 Å². The topological polar surface area (TPSA) is 53.1 Å². The number of halogens is 1. The minimum atomic E-state index is 0.0688. The maximum Gasteiger partial charge on any atom is 0.124 e. The first-order valence-corrected chi connectivity index (χ1v) is 7.84. The second kappa shape index (κ2) is 5.46. The fourth-order valence-electron chi connectivity index (χ4n) is 2.34. The van der Waals surface area contributed by atoms with Gasteiger partial charge in [-0.2, -0.15) is 0 Å². The van der Waals surface area contributed by atoms with Gasteiger partial charge in [0, 0.05) is 27.2 Å². The fraction of sp³-hybridized carbons (Fsp3) is 0.267. The highest BCUT2D eigenvalue weighted by Crippen LogP contribution is 2.36. The van der Waals surface area contributed by atoms with E-state index in [0.717, 1.165) is 17.8 Å². The van der Waals surface area contributed by atoms with Crippen molar-refractivity contribution in [3.63, 3.8) is 0 Å². The number of nitrogens with two attached hydrogens (primary N) is 1. The number of thiophene rings is 1. The van der Waals surface area contributed by atoms with E-state index in [4.69, 9.17) is 22.7 Å². The SMILES string of the molecule is N=C(N)c1cc(Cl)ccc1N(Cc1cccs1)C1CC1. The molecule has 1 aromatic heterocycles. The van der Waals surface area contributed by atoms with Crippen molar-refractivity contribution in [2.24, 2.45) is 5.73 Å². The third kappa shape index (κ3) is 2.81. The largest absolute Gasteiger partial charge is 0.384 e. The van der Waals surface area contributed by atoms with Gasteiger partial charge in [-0.1, -0.05) is 17.7 Å². The Labute approximate surface area is 127 Å². The highest BCUT2D eigenvalue weighted by molar-refractivity contribution is 7.09. The molecule has 104 valence electrons. The Morgan fingerprint density at radius 1 is 1.40 bits per heavy atom. The van der Waals surface area contributed by atoms with E-state index >= 15 is 0 Å². The van der Waals surface area contributed by atoms with E-state index in [9.17, 15) is 0 Å². The molecule has 0 radical (unpaired) electrons. The smallest absolute Gasteiger partial charge is 0.124 e. The number of anilines is 1. The van der Waals surface area contributed by atoms with Crippen LogP contribution in [0.25, 0.3) is 0 Å². The van der Waals surface area contributed by atoms with Crippen LogP contribution in [0.5, 0.6) is 0 Å². The Morgan fingerprint density at radius 2 is 2.20 bits per heavy atom. The molecule has 1 saturated carbocycles. The molecule has 1 aromatic carbocycles. The van der Waals surface area contributed by atoms with E-state index in [1.807, 2.05) is 12.1 Å². The molecule has 1 fully saturated rings. The lowest BCUT2D eigenvalue weighted by atomic mass is 10.1. The lowest BCUT2D eigenvalue weighted by Crippen LogP contribution is -2.27. The maximum absolute atomic E-state index is 7.77. The van der Waals surface area contributed by atoms with Crippen molar-refractivity contribution in [1.29, 1.82) is 5.41 Å². The number of hydrogen-bond donors (Lipinski definition) is 2. The minimum Gasteiger partial charge on any atom is -0.384 e. The molecule has 0 saturated heterocycles. The Morgan fingerprint density at radius 3 is 2.80 bits per heavy atom. The zero-order valence-corrected chi connectivity index (χ0v) is 12.5. The molecule has 20 heavy (non-hydrogen) atoms. The van der Waals surface area contributed by atoms with Gasteiger partial charge in [0.05, 0.1) is 6.54 Å². The van der Waals surface area contributed by atoms with Crippen LogP contribution in [-0.4, -0.2) is 11.9 Å². The molecule has 0 unspecified atom stereocenters. The quantitative estimate of drug-likeness (QED) is 0.651. The predicted molar refractivity (Wildman–Crippen MR) is 86.0 cm³/mol. The normalized spacial score (nSPS) is 14.2. The third-order valence-corrected chi connectivity index (χ3v) is 4.55. The lowest BCUT2D eigenvalue weighted by molar-refractivity contribution is 0.802. The van der Waals surface area contributed by atoms with Gasteiger partial charge in [-0.3, -0.25) is 5.41 Å². The molecule has 1 aliphatic rings. The van der Waals surface area contributed by atoms with E-state index in [0.29, 0.717) is 11.1 Å². The maximum atomic E-state index is 7.77. The third-order valence-electron chi connectivity index (χ3n) is 3.45. The zero-order valence-electron chi connectivity index (χ0n) is 11.0. The highest BCUT2D eigenvalue weighted by atomic mass is 35.5. The number of nitrogens with zero attached hydrogens (tertiary/aromatic N) is 1. The molecule has 5 heteroatoms. The van der Waals surface area contributed by atoms with Crippen LogP contribution in [0.3, 0.4) is 0 Å². The molecule has 1 heterocycles. The van der Waals surface area contributed by atoms with Crippen LogP contribution in [-0.2, 0) is 6.54 Å². The summed E-state index contributed by atoms with van der Waals surface area (Å²) in [5.74, 6) is 0.0688. The molecule has 0 amide bonds. The molecule has 0 aliphatic heterocycles. The molecular weight excluding hydrogens is 290 g/mol.